The Morgan fingerprint density at radius 3 is 2.93 bits per heavy atom. The first kappa shape index (κ1) is 10.1. The van der Waals surface area contributed by atoms with E-state index in [1.54, 1.807) is 6.92 Å². The lowest BCUT2D eigenvalue weighted by atomic mass is 10.0. The molecule has 1 unspecified atom stereocenters. The van der Waals surface area contributed by atoms with Crippen LogP contribution in [0.4, 0.5) is 0 Å². The summed E-state index contributed by atoms with van der Waals surface area (Å²) < 4.78 is 0. The van der Waals surface area contributed by atoms with E-state index in [2.05, 4.69) is 22.1 Å². The van der Waals surface area contributed by atoms with Crippen LogP contribution in [0.15, 0.2) is 0 Å². The van der Waals surface area contributed by atoms with Gasteiger partial charge in [-0.15, -0.1) is 5.10 Å². The number of hydrogen-bond acceptors (Lipinski definition) is 3. The first-order chi connectivity index (χ1) is 7.18. The number of amides is 1. The number of piperidine rings is 1. The molecule has 1 aromatic rings. The van der Waals surface area contributed by atoms with E-state index < -0.39 is 0 Å². The fourth-order valence-electron chi connectivity index (χ4n) is 1.97. The van der Waals surface area contributed by atoms with Crippen LogP contribution in [-0.2, 0) is 0 Å². The van der Waals surface area contributed by atoms with Crippen LogP contribution >= 0.6 is 0 Å². The molecule has 0 bridgehead atoms. The van der Waals surface area contributed by atoms with Crippen molar-refractivity contribution in [1.82, 2.24) is 20.1 Å². The number of aryl methyl sites for hydroxylation is 1. The topological polar surface area (TPSA) is 61.9 Å². The number of nitrogens with zero attached hydrogens (tertiary/aromatic N) is 3. The van der Waals surface area contributed by atoms with Gasteiger partial charge in [-0.25, -0.2) is 4.98 Å². The van der Waals surface area contributed by atoms with Crippen molar-refractivity contribution < 1.29 is 4.79 Å². The lowest BCUT2D eigenvalue weighted by Crippen LogP contribution is -2.42. The van der Waals surface area contributed by atoms with Crippen LogP contribution in [-0.4, -0.2) is 38.6 Å². The summed E-state index contributed by atoms with van der Waals surface area (Å²) in [6.45, 7) is 4.70. The van der Waals surface area contributed by atoms with Gasteiger partial charge in [-0.1, -0.05) is 0 Å². The van der Waals surface area contributed by atoms with Gasteiger partial charge in [0.05, 0.1) is 0 Å². The summed E-state index contributed by atoms with van der Waals surface area (Å²) in [6, 6.07) is 0.310. The average Bonchev–Trinajstić information content (AvgIpc) is 2.65. The largest absolute Gasteiger partial charge is 0.333 e. The number of H-pyrrole nitrogens is 1. The normalized spacial score (nSPS) is 21.7. The van der Waals surface area contributed by atoms with E-state index in [1.165, 1.54) is 6.42 Å². The molecule has 5 heteroatoms. The Bertz CT molecular complexity index is 360. The van der Waals surface area contributed by atoms with Crippen LogP contribution in [0.3, 0.4) is 0 Å². The molecule has 1 amide bonds. The van der Waals surface area contributed by atoms with Crippen LogP contribution in [0.1, 0.15) is 42.6 Å². The van der Waals surface area contributed by atoms with Crippen molar-refractivity contribution in [3.63, 3.8) is 0 Å². The van der Waals surface area contributed by atoms with Crippen LogP contribution < -0.4 is 0 Å². The van der Waals surface area contributed by atoms with Crippen molar-refractivity contribution >= 4 is 5.91 Å². The molecule has 0 aromatic carbocycles. The standard InChI is InChI=1S/C10H16N4O/c1-7-5-3-4-6-14(7)10(15)9-11-8(2)12-13-9/h7H,3-6H2,1-2H3,(H,11,12,13). The van der Waals surface area contributed by atoms with Crippen LogP contribution in [0.5, 0.6) is 0 Å². The summed E-state index contributed by atoms with van der Waals surface area (Å²) in [5.74, 6) is 0.927. The Kier molecular flexibility index (Phi) is 2.70. The minimum Gasteiger partial charge on any atom is -0.333 e. The second-order valence-corrected chi connectivity index (χ2v) is 4.09. The van der Waals surface area contributed by atoms with Gasteiger partial charge in [-0.3, -0.25) is 9.89 Å². The number of carbonyl (C=O) groups excluding carboxylic acids is 1. The predicted molar refractivity (Wildman–Crippen MR) is 55.5 cm³/mol. The Hall–Kier alpha value is -1.39. The van der Waals surface area contributed by atoms with Crippen LogP contribution in [0.25, 0.3) is 0 Å². The van der Waals surface area contributed by atoms with Crippen molar-refractivity contribution in [2.75, 3.05) is 6.54 Å². The van der Waals surface area contributed by atoms with E-state index in [-0.39, 0.29) is 5.91 Å². The van der Waals surface area contributed by atoms with Gasteiger partial charge in [-0.05, 0) is 33.1 Å². The third kappa shape index (κ3) is 2.00. The summed E-state index contributed by atoms with van der Waals surface area (Å²) >= 11 is 0. The van der Waals surface area contributed by atoms with Crippen molar-refractivity contribution in [3.05, 3.63) is 11.6 Å². The molecule has 1 aromatic heterocycles. The van der Waals surface area contributed by atoms with Gasteiger partial charge in [0.25, 0.3) is 5.91 Å². The molecule has 2 rings (SSSR count). The molecule has 82 valence electrons. The van der Waals surface area contributed by atoms with Crippen molar-refractivity contribution in [2.45, 2.75) is 39.2 Å². The Balaban J connectivity index is 2.13. The zero-order valence-electron chi connectivity index (χ0n) is 9.16. The molecule has 0 aliphatic carbocycles. The number of hydrogen-bond donors (Lipinski definition) is 1. The second kappa shape index (κ2) is 4.00. The third-order valence-electron chi connectivity index (χ3n) is 2.85. The lowest BCUT2D eigenvalue weighted by Gasteiger charge is -2.32. The summed E-state index contributed by atoms with van der Waals surface area (Å²) in [5, 5.41) is 6.59. The highest BCUT2D eigenvalue weighted by Gasteiger charge is 2.26. The molecule has 1 atom stereocenters. The van der Waals surface area contributed by atoms with Gasteiger partial charge in [0.1, 0.15) is 5.82 Å². The molecule has 1 aliphatic rings. The number of rotatable bonds is 1. The molecule has 0 spiro atoms. The van der Waals surface area contributed by atoms with E-state index >= 15 is 0 Å². The quantitative estimate of drug-likeness (QED) is 0.752. The highest BCUT2D eigenvalue weighted by Crippen LogP contribution is 2.17. The molecule has 0 radical (unpaired) electrons. The first-order valence-corrected chi connectivity index (χ1v) is 5.38. The fourth-order valence-corrected chi connectivity index (χ4v) is 1.97. The number of aromatic nitrogens is 3. The number of aromatic amines is 1. The lowest BCUT2D eigenvalue weighted by molar-refractivity contribution is 0.0623. The number of nitrogens with one attached hydrogen (secondary N) is 1. The van der Waals surface area contributed by atoms with Gasteiger partial charge >= 0.3 is 0 Å². The smallest absolute Gasteiger partial charge is 0.293 e. The summed E-state index contributed by atoms with van der Waals surface area (Å²) in [5.41, 5.74) is 0. The Morgan fingerprint density at radius 2 is 2.33 bits per heavy atom. The molecule has 1 saturated heterocycles. The van der Waals surface area contributed by atoms with E-state index in [9.17, 15) is 4.79 Å². The van der Waals surface area contributed by atoms with Crippen molar-refractivity contribution in [1.29, 1.82) is 0 Å². The maximum atomic E-state index is 12.0. The predicted octanol–water partition coefficient (Wildman–Crippen LogP) is 1.13. The molecule has 1 aliphatic heterocycles. The molecule has 1 fully saturated rings. The van der Waals surface area contributed by atoms with Gasteiger partial charge < -0.3 is 4.90 Å². The summed E-state index contributed by atoms with van der Waals surface area (Å²) in [4.78, 5) is 17.9. The maximum absolute atomic E-state index is 12.0. The number of carbonyl (C=O) groups is 1. The van der Waals surface area contributed by atoms with Gasteiger partial charge in [0, 0.05) is 12.6 Å². The molecule has 2 heterocycles. The second-order valence-electron chi connectivity index (χ2n) is 4.09. The summed E-state index contributed by atoms with van der Waals surface area (Å²) in [7, 11) is 0. The van der Waals surface area contributed by atoms with E-state index in [4.69, 9.17) is 0 Å². The monoisotopic (exact) mass is 208 g/mol. The van der Waals surface area contributed by atoms with Gasteiger partial charge in [-0.2, -0.15) is 0 Å². The highest BCUT2D eigenvalue weighted by atomic mass is 16.2. The molecule has 0 saturated carbocycles. The minimum atomic E-state index is -0.0495. The highest BCUT2D eigenvalue weighted by molar-refractivity contribution is 5.90. The average molecular weight is 208 g/mol. The Labute approximate surface area is 88.9 Å². The SMILES string of the molecule is Cc1nc(C(=O)N2CCCCC2C)n[nH]1. The van der Waals surface area contributed by atoms with Crippen LogP contribution in [0, 0.1) is 6.92 Å². The molecule has 1 N–H and O–H groups in total. The zero-order valence-corrected chi connectivity index (χ0v) is 9.16. The van der Waals surface area contributed by atoms with Crippen molar-refractivity contribution in [2.24, 2.45) is 0 Å². The summed E-state index contributed by atoms with van der Waals surface area (Å²) in [6.07, 6.45) is 3.37. The molecular formula is C10H16N4O. The van der Waals surface area contributed by atoms with Gasteiger partial charge in [0.15, 0.2) is 0 Å². The molecule has 5 nitrogen and oxygen atoms in total. The maximum Gasteiger partial charge on any atom is 0.293 e. The third-order valence-corrected chi connectivity index (χ3v) is 2.85. The molecule has 15 heavy (non-hydrogen) atoms. The zero-order chi connectivity index (χ0) is 10.8. The first-order valence-electron chi connectivity index (χ1n) is 5.38. The van der Waals surface area contributed by atoms with Crippen molar-refractivity contribution in [3.8, 4) is 0 Å². The van der Waals surface area contributed by atoms with E-state index in [0.29, 0.717) is 17.7 Å². The van der Waals surface area contributed by atoms with E-state index in [0.717, 1.165) is 19.4 Å². The minimum absolute atomic E-state index is 0.0495. The Morgan fingerprint density at radius 1 is 1.53 bits per heavy atom. The van der Waals surface area contributed by atoms with E-state index in [1.807, 2.05) is 4.90 Å². The number of likely N-dealkylation sites (tertiary alicyclic amines) is 1. The van der Waals surface area contributed by atoms with Crippen LogP contribution in [0.2, 0.25) is 0 Å². The molecular weight excluding hydrogens is 192 g/mol. The fraction of sp³-hybridized carbons (Fsp3) is 0.700. The van der Waals surface area contributed by atoms with Gasteiger partial charge in [0.2, 0.25) is 5.82 Å².